The van der Waals surface area contributed by atoms with Gasteiger partial charge in [-0.1, -0.05) is 19.1 Å². The number of rotatable bonds is 4. The van der Waals surface area contributed by atoms with Gasteiger partial charge in [0.1, 0.15) is 0 Å². The van der Waals surface area contributed by atoms with E-state index in [0.717, 1.165) is 23.9 Å². The third kappa shape index (κ3) is 4.43. The number of nitrogens with zero attached hydrogens (tertiary/aromatic N) is 2. The summed E-state index contributed by atoms with van der Waals surface area (Å²) < 4.78 is 0. The van der Waals surface area contributed by atoms with Gasteiger partial charge < -0.3 is 15.1 Å². The quantitative estimate of drug-likeness (QED) is 0.848. The Hall–Kier alpha value is -1.13. The number of anilines is 1. The van der Waals surface area contributed by atoms with E-state index in [1.165, 1.54) is 24.8 Å². The molecular formula is C18H29N3S. The van der Waals surface area contributed by atoms with Gasteiger partial charge in [0.2, 0.25) is 0 Å². The summed E-state index contributed by atoms with van der Waals surface area (Å²) >= 11 is 5.58. The fourth-order valence-electron chi connectivity index (χ4n) is 3.05. The molecule has 1 heterocycles. The summed E-state index contributed by atoms with van der Waals surface area (Å²) in [4.78, 5) is 4.84. The Balaban J connectivity index is 1.85. The maximum absolute atomic E-state index is 5.58. The molecule has 0 amide bonds. The minimum atomic E-state index is 0.661. The van der Waals surface area contributed by atoms with Gasteiger partial charge in [-0.3, -0.25) is 0 Å². The maximum atomic E-state index is 5.58. The molecule has 0 aliphatic carbocycles. The van der Waals surface area contributed by atoms with E-state index in [1.807, 2.05) is 0 Å². The average Bonchev–Trinajstić information content (AvgIpc) is 2.53. The highest BCUT2D eigenvalue weighted by molar-refractivity contribution is 7.80. The fraction of sp³-hybridized carbons (Fsp3) is 0.611. The van der Waals surface area contributed by atoms with Crippen molar-refractivity contribution >= 4 is 23.0 Å². The van der Waals surface area contributed by atoms with Gasteiger partial charge >= 0.3 is 0 Å². The molecule has 22 heavy (non-hydrogen) atoms. The number of nitrogens with one attached hydrogen (secondary N) is 1. The van der Waals surface area contributed by atoms with Gasteiger partial charge in [-0.25, -0.2) is 0 Å². The zero-order valence-corrected chi connectivity index (χ0v) is 15.1. The van der Waals surface area contributed by atoms with Crippen LogP contribution < -0.4 is 5.32 Å². The minimum Gasteiger partial charge on any atom is -0.349 e. The van der Waals surface area contributed by atoms with E-state index in [9.17, 15) is 0 Å². The Kier molecular flexibility index (Phi) is 6.21. The molecule has 1 aromatic rings. The van der Waals surface area contributed by atoms with Gasteiger partial charge in [-0.05, 0) is 70.1 Å². The second-order valence-electron chi connectivity index (χ2n) is 6.44. The predicted molar refractivity (Wildman–Crippen MR) is 99.5 cm³/mol. The van der Waals surface area contributed by atoms with E-state index in [0.29, 0.717) is 12.1 Å². The van der Waals surface area contributed by atoms with Crippen molar-refractivity contribution in [1.29, 1.82) is 0 Å². The molecular weight excluding hydrogens is 290 g/mol. The summed E-state index contributed by atoms with van der Waals surface area (Å²) in [5, 5.41) is 4.23. The van der Waals surface area contributed by atoms with Crippen LogP contribution in [-0.4, -0.2) is 47.1 Å². The van der Waals surface area contributed by atoms with Crippen LogP contribution in [0, 0.1) is 6.92 Å². The van der Waals surface area contributed by atoms with Gasteiger partial charge in [0, 0.05) is 30.9 Å². The number of likely N-dealkylation sites (tertiary alicyclic amines) is 1. The Bertz CT molecular complexity index is 495. The van der Waals surface area contributed by atoms with Crippen molar-refractivity contribution in [2.45, 2.75) is 52.1 Å². The Morgan fingerprint density at radius 2 is 2.09 bits per heavy atom. The van der Waals surface area contributed by atoms with Crippen LogP contribution in [0.2, 0.25) is 0 Å². The molecule has 0 bridgehead atoms. The third-order valence-corrected chi connectivity index (χ3v) is 5.24. The Morgan fingerprint density at radius 1 is 1.41 bits per heavy atom. The molecule has 122 valence electrons. The smallest absolute Gasteiger partial charge is 0.173 e. The van der Waals surface area contributed by atoms with Crippen LogP contribution in [0.15, 0.2) is 24.3 Å². The number of hydrogen-bond acceptors (Lipinski definition) is 2. The van der Waals surface area contributed by atoms with Gasteiger partial charge in [0.05, 0.1) is 0 Å². The van der Waals surface area contributed by atoms with Crippen molar-refractivity contribution in [2.24, 2.45) is 0 Å². The van der Waals surface area contributed by atoms with Gasteiger partial charge in [-0.2, -0.15) is 0 Å². The highest BCUT2D eigenvalue weighted by Crippen LogP contribution is 2.19. The first-order chi connectivity index (χ1) is 10.5. The standard InChI is InChI=1S/C18H29N3S/c1-5-15(3)20(4)17-9-11-21(12-10-17)18(22)19-16-8-6-7-14(2)13-16/h6-8,13,15,17H,5,9-12H2,1-4H3,(H,19,22). The van der Waals surface area contributed by atoms with Crippen LogP contribution in [0.1, 0.15) is 38.7 Å². The molecule has 1 aliphatic rings. The van der Waals surface area contributed by atoms with Crippen molar-refractivity contribution in [1.82, 2.24) is 9.80 Å². The molecule has 1 fully saturated rings. The van der Waals surface area contributed by atoms with E-state index < -0.39 is 0 Å². The fourth-order valence-corrected chi connectivity index (χ4v) is 3.35. The summed E-state index contributed by atoms with van der Waals surface area (Å²) in [7, 11) is 2.26. The lowest BCUT2D eigenvalue weighted by Crippen LogP contribution is -2.48. The van der Waals surface area contributed by atoms with Crippen molar-refractivity contribution < 1.29 is 0 Å². The SMILES string of the molecule is CCC(C)N(C)C1CCN(C(=S)Nc2cccc(C)c2)CC1. The zero-order valence-electron chi connectivity index (χ0n) is 14.3. The molecule has 0 saturated carbocycles. The second kappa shape index (κ2) is 7.93. The van der Waals surface area contributed by atoms with E-state index in [-0.39, 0.29) is 0 Å². The lowest BCUT2D eigenvalue weighted by Gasteiger charge is -2.40. The van der Waals surface area contributed by atoms with E-state index >= 15 is 0 Å². The minimum absolute atomic E-state index is 0.661. The predicted octanol–water partition coefficient (Wildman–Crippen LogP) is 3.89. The number of piperidine rings is 1. The summed E-state index contributed by atoms with van der Waals surface area (Å²) in [6.07, 6.45) is 3.59. The largest absolute Gasteiger partial charge is 0.349 e. The lowest BCUT2D eigenvalue weighted by molar-refractivity contribution is 0.126. The van der Waals surface area contributed by atoms with E-state index in [1.54, 1.807) is 0 Å². The van der Waals surface area contributed by atoms with E-state index in [4.69, 9.17) is 12.2 Å². The molecule has 1 saturated heterocycles. The van der Waals surface area contributed by atoms with Crippen LogP contribution >= 0.6 is 12.2 Å². The number of hydrogen-bond donors (Lipinski definition) is 1. The molecule has 0 radical (unpaired) electrons. The van der Waals surface area contributed by atoms with Crippen LogP contribution in [0.25, 0.3) is 0 Å². The van der Waals surface area contributed by atoms with Gasteiger partial charge in [0.15, 0.2) is 5.11 Å². The Morgan fingerprint density at radius 3 is 2.68 bits per heavy atom. The molecule has 1 aliphatic heterocycles. The third-order valence-electron chi connectivity index (χ3n) is 4.88. The first-order valence-corrected chi connectivity index (χ1v) is 8.76. The normalized spacial score (nSPS) is 17.6. The summed E-state index contributed by atoms with van der Waals surface area (Å²) in [5.74, 6) is 0. The van der Waals surface area contributed by atoms with Crippen molar-refractivity contribution in [3.63, 3.8) is 0 Å². The van der Waals surface area contributed by atoms with Crippen molar-refractivity contribution in [2.75, 3.05) is 25.5 Å². The zero-order chi connectivity index (χ0) is 16.1. The molecule has 4 heteroatoms. The first kappa shape index (κ1) is 17.2. The Labute approximate surface area is 140 Å². The molecule has 2 rings (SSSR count). The highest BCUT2D eigenvalue weighted by Gasteiger charge is 2.25. The van der Waals surface area contributed by atoms with Gasteiger partial charge in [0.25, 0.3) is 0 Å². The maximum Gasteiger partial charge on any atom is 0.173 e. The van der Waals surface area contributed by atoms with Crippen LogP contribution in [0.4, 0.5) is 5.69 Å². The monoisotopic (exact) mass is 319 g/mol. The molecule has 1 aromatic carbocycles. The van der Waals surface area contributed by atoms with Crippen LogP contribution in [0.3, 0.4) is 0 Å². The number of thiocarbonyl (C=S) groups is 1. The number of aryl methyl sites for hydroxylation is 1. The van der Waals surface area contributed by atoms with Crippen molar-refractivity contribution in [3.05, 3.63) is 29.8 Å². The molecule has 1 N–H and O–H groups in total. The summed E-state index contributed by atoms with van der Waals surface area (Å²) in [5.41, 5.74) is 2.34. The topological polar surface area (TPSA) is 18.5 Å². The summed E-state index contributed by atoms with van der Waals surface area (Å²) in [6.45, 7) is 8.77. The average molecular weight is 320 g/mol. The molecule has 1 unspecified atom stereocenters. The number of benzene rings is 1. The molecule has 0 spiro atoms. The molecule has 0 aromatic heterocycles. The highest BCUT2D eigenvalue weighted by atomic mass is 32.1. The first-order valence-electron chi connectivity index (χ1n) is 8.35. The molecule has 3 nitrogen and oxygen atoms in total. The van der Waals surface area contributed by atoms with Crippen LogP contribution in [0.5, 0.6) is 0 Å². The van der Waals surface area contributed by atoms with Crippen LogP contribution in [-0.2, 0) is 0 Å². The summed E-state index contributed by atoms with van der Waals surface area (Å²) in [6, 6.07) is 9.72. The lowest BCUT2D eigenvalue weighted by atomic mass is 10.0. The second-order valence-corrected chi connectivity index (χ2v) is 6.83. The molecule has 1 atom stereocenters. The van der Waals surface area contributed by atoms with Gasteiger partial charge in [-0.15, -0.1) is 0 Å². The van der Waals surface area contributed by atoms with Crippen molar-refractivity contribution in [3.8, 4) is 0 Å². The van der Waals surface area contributed by atoms with E-state index in [2.05, 4.69) is 67.2 Å².